The van der Waals surface area contributed by atoms with Gasteiger partial charge in [-0.2, -0.15) is 0 Å². The predicted molar refractivity (Wildman–Crippen MR) is 69.1 cm³/mol. The van der Waals surface area contributed by atoms with Gasteiger partial charge < -0.3 is 10.2 Å². The Kier molecular flexibility index (Phi) is 3.69. The quantitative estimate of drug-likeness (QED) is 0.862. The second kappa shape index (κ2) is 5.23. The van der Waals surface area contributed by atoms with Crippen LogP contribution in [-0.2, 0) is 0 Å². The zero-order valence-electron chi connectivity index (χ0n) is 9.60. The summed E-state index contributed by atoms with van der Waals surface area (Å²) in [6, 6.07) is 2.02. The third-order valence-electron chi connectivity index (χ3n) is 2.57. The topological polar surface area (TPSA) is 41.0 Å². The van der Waals surface area contributed by atoms with Gasteiger partial charge in [-0.15, -0.1) is 11.3 Å². The van der Waals surface area contributed by atoms with Crippen LogP contribution in [0.25, 0.3) is 10.2 Å². The molecule has 0 spiro atoms. The number of aromatic nitrogens is 2. The highest BCUT2D eigenvalue weighted by atomic mass is 32.1. The van der Waals surface area contributed by atoms with Crippen molar-refractivity contribution < 1.29 is 0 Å². The number of fused-ring (bicyclic) bond motifs is 1. The molecule has 2 aromatic rings. The van der Waals surface area contributed by atoms with Crippen LogP contribution in [0.5, 0.6) is 0 Å². The fourth-order valence-electron chi connectivity index (χ4n) is 1.44. The molecule has 4 nitrogen and oxygen atoms in total. The molecule has 0 bridgehead atoms. The third kappa shape index (κ3) is 2.48. The second-order valence-corrected chi connectivity index (χ2v) is 4.60. The first-order valence-electron chi connectivity index (χ1n) is 5.42. The van der Waals surface area contributed by atoms with Gasteiger partial charge in [0.15, 0.2) is 0 Å². The smallest absolute Gasteiger partial charge is 0.147 e. The zero-order chi connectivity index (χ0) is 11.4. The number of rotatable bonds is 5. The molecule has 2 aromatic heterocycles. The van der Waals surface area contributed by atoms with E-state index in [-0.39, 0.29) is 0 Å². The monoisotopic (exact) mass is 236 g/mol. The summed E-state index contributed by atoms with van der Waals surface area (Å²) in [6.45, 7) is 5.16. The minimum atomic E-state index is 0.911. The highest BCUT2D eigenvalue weighted by Crippen LogP contribution is 2.24. The Hall–Kier alpha value is -1.20. The van der Waals surface area contributed by atoms with E-state index in [9.17, 15) is 0 Å². The van der Waals surface area contributed by atoms with E-state index in [0.29, 0.717) is 0 Å². The van der Waals surface area contributed by atoms with Crippen molar-refractivity contribution in [2.24, 2.45) is 0 Å². The molecule has 2 rings (SSSR count). The number of hydrogen-bond donors (Lipinski definition) is 1. The molecule has 0 fully saturated rings. The third-order valence-corrected chi connectivity index (χ3v) is 3.48. The molecule has 0 saturated heterocycles. The molecule has 0 amide bonds. The van der Waals surface area contributed by atoms with E-state index in [4.69, 9.17) is 0 Å². The van der Waals surface area contributed by atoms with Crippen LogP contribution in [0.15, 0.2) is 17.8 Å². The van der Waals surface area contributed by atoms with Gasteiger partial charge in [-0.3, -0.25) is 0 Å². The molecule has 5 heteroatoms. The van der Waals surface area contributed by atoms with E-state index in [1.54, 1.807) is 17.7 Å². The molecule has 16 heavy (non-hydrogen) atoms. The molecule has 86 valence electrons. The van der Waals surface area contributed by atoms with E-state index < -0.39 is 0 Å². The highest BCUT2D eigenvalue weighted by Gasteiger charge is 2.03. The fourth-order valence-corrected chi connectivity index (χ4v) is 2.25. The Morgan fingerprint density at radius 2 is 2.31 bits per heavy atom. The van der Waals surface area contributed by atoms with Gasteiger partial charge in [0.2, 0.25) is 0 Å². The summed E-state index contributed by atoms with van der Waals surface area (Å²) in [6.07, 6.45) is 1.61. The van der Waals surface area contributed by atoms with Crippen LogP contribution in [0.1, 0.15) is 6.92 Å². The average molecular weight is 236 g/mol. The van der Waals surface area contributed by atoms with Gasteiger partial charge in [0.25, 0.3) is 0 Å². The molecule has 0 radical (unpaired) electrons. The molecule has 0 unspecified atom stereocenters. The summed E-state index contributed by atoms with van der Waals surface area (Å²) in [5.74, 6) is 0.949. The van der Waals surface area contributed by atoms with Gasteiger partial charge in [0.1, 0.15) is 12.1 Å². The molecule has 0 aliphatic carbocycles. The van der Waals surface area contributed by atoms with E-state index in [1.165, 1.54) is 0 Å². The Balaban J connectivity index is 2.01. The molecule has 0 atom stereocenters. The van der Waals surface area contributed by atoms with Gasteiger partial charge >= 0.3 is 0 Å². The predicted octanol–water partition coefficient (Wildman–Crippen LogP) is 2.05. The normalized spacial score (nSPS) is 11.2. The Labute approximate surface area is 99.3 Å². The lowest BCUT2D eigenvalue weighted by Gasteiger charge is -2.14. The second-order valence-electron chi connectivity index (χ2n) is 3.68. The number of anilines is 1. The lowest BCUT2D eigenvalue weighted by molar-refractivity contribution is 0.367. The van der Waals surface area contributed by atoms with Crippen molar-refractivity contribution >= 4 is 27.4 Å². The first-order chi connectivity index (χ1) is 7.81. The van der Waals surface area contributed by atoms with Gasteiger partial charge in [-0.1, -0.05) is 6.92 Å². The molecular formula is C11H16N4S. The molecule has 0 aliphatic rings. The number of likely N-dealkylation sites (N-methyl/N-ethyl adjacent to an activating group) is 1. The largest absolute Gasteiger partial charge is 0.367 e. The van der Waals surface area contributed by atoms with Gasteiger partial charge in [0.05, 0.1) is 10.2 Å². The molecular weight excluding hydrogens is 220 g/mol. The van der Waals surface area contributed by atoms with E-state index >= 15 is 0 Å². The van der Waals surface area contributed by atoms with Crippen molar-refractivity contribution in [3.05, 3.63) is 17.8 Å². The molecule has 0 aromatic carbocycles. The number of thiophene rings is 1. The van der Waals surface area contributed by atoms with Crippen LogP contribution < -0.4 is 5.32 Å². The lowest BCUT2D eigenvalue weighted by Crippen LogP contribution is -2.24. The van der Waals surface area contributed by atoms with Crippen molar-refractivity contribution in [3.8, 4) is 0 Å². The Morgan fingerprint density at radius 3 is 3.12 bits per heavy atom. The number of nitrogens with zero attached hydrogens (tertiary/aromatic N) is 3. The molecule has 2 heterocycles. The van der Waals surface area contributed by atoms with Crippen LogP contribution in [0.4, 0.5) is 5.82 Å². The first-order valence-corrected chi connectivity index (χ1v) is 6.30. The van der Waals surface area contributed by atoms with Gasteiger partial charge in [-0.05, 0) is 25.0 Å². The summed E-state index contributed by atoms with van der Waals surface area (Å²) in [5.41, 5.74) is 1.02. The van der Waals surface area contributed by atoms with Crippen LogP contribution in [-0.4, -0.2) is 41.5 Å². The van der Waals surface area contributed by atoms with Crippen LogP contribution in [0.3, 0.4) is 0 Å². The highest BCUT2D eigenvalue weighted by molar-refractivity contribution is 7.17. The minimum absolute atomic E-state index is 0.911. The number of nitrogens with one attached hydrogen (secondary N) is 1. The van der Waals surface area contributed by atoms with Crippen molar-refractivity contribution in [2.75, 3.05) is 32.0 Å². The number of hydrogen-bond acceptors (Lipinski definition) is 5. The molecule has 0 saturated carbocycles. The summed E-state index contributed by atoms with van der Waals surface area (Å²) >= 11 is 1.68. The van der Waals surface area contributed by atoms with Gasteiger partial charge in [-0.25, -0.2) is 9.97 Å². The van der Waals surface area contributed by atoms with E-state index in [2.05, 4.69) is 34.2 Å². The minimum Gasteiger partial charge on any atom is -0.367 e. The fraction of sp³-hybridized carbons (Fsp3) is 0.455. The van der Waals surface area contributed by atoms with Crippen LogP contribution in [0.2, 0.25) is 0 Å². The maximum Gasteiger partial charge on any atom is 0.147 e. The van der Waals surface area contributed by atoms with Crippen LogP contribution in [0, 0.1) is 0 Å². The van der Waals surface area contributed by atoms with E-state index in [0.717, 1.165) is 35.7 Å². The zero-order valence-corrected chi connectivity index (χ0v) is 10.4. The SMILES string of the molecule is CCN(C)CCNc1ncnc2ccsc12. The van der Waals surface area contributed by atoms with Crippen molar-refractivity contribution in [2.45, 2.75) is 6.92 Å². The standard InChI is InChI=1S/C11H16N4S/c1-3-15(2)6-5-12-11-10-9(4-7-16-10)13-8-14-11/h4,7-8H,3,5-6H2,1-2H3,(H,12,13,14). The van der Waals surface area contributed by atoms with Gasteiger partial charge in [0, 0.05) is 13.1 Å². The van der Waals surface area contributed by atoms with Crippen molar-refractivity contribution in [1.29, 1.82) is 0 Å². The van der Waals surface area contributed by atoms with Crippen molar-refractivity contribution in [3.63, 3.8) is 0 Å². The lowest BCUT2D eigenvalue weighted by atomic mass is 10.4. The van der Waals surface area contributed by atoms with Crippen molar-refractivity contribution in [1.82, 2.24) is 14.9 Å². The average Bonchev–Trinajstić information content (AvgIpc) is 2.77. The van der Waals surface area contributed by atoms with E-state index in [1.807, 2.05) is 11.4 Å². The summed E-state index contributed by atoms with van der Waals surface area (Å²) < 4.78 is 1.14. The summed E-state index contributed by atoms with van der Waals surface area (Å²) in [5, 5.41) is 5.40. The summed E-state index contributed by atoms with van der Waals surface area (Å²) in [4.78, 5) is 10.7. The maximum absolute atomic E-state index is 4.27. The molecule has 1 N–H and O–H groups in total. The summed E-state index contributed by atoms with van der Waals surface area (Å²) in [7, 11) is 2.11. The maximum atomic E-state index is 4.27. The molecule has 0 aliphatic heterocycles. The Bertz CT molecular complexity index is 454. The Morgan fingerprint density at radius 1 is 1.44 bits per heavy atom. The van der Waals surface area contributed by atoms with Crippen LogP contribution >= 0.6 is 11.3 Å². The first kappa shape index (κ1) is 11.3.